The Morgan fingerprint density at radius 3 is 2.47 bits per heavy atom. The highest BCUT2D eigenvalue weighted by Crippen LogP contribution is 2.47. The van der Waals surface area contributed by atoms with E-state index in [4.69, 9.17) is 0 Å². The zero-order valence-electron chi connectivity index (χ0n) is 10.6. The van der Waals surface area contributed by atoms with E-state index in [1.165, 1.54) is 24.3 Å². The van der Waals surface area contributed by atoms with Gasteiger partial charge in [-0.15, -0.1) is 0 Å². The van der Waals surface area contributed by atoms with Gasteiger partial charge in [-0.25, -0.2) is 13.2 Å². The lowest BCUT2D eigenvalue weighted by atomic mass is 9.88. The van der Waals surface area contributed by atoms with E-state index >= 15 is 0 Å². The first kappa shape index (κ1) is 13.8. The lowest BCUT2D eigenvalue weighted by molar-refractivity contribution is 0.400. The number of hydrogen-bond acceptors (Lipinski definition) is 5. The molecule has 1 N–H and O–H groups in total. The Kier molecular flexibility index (Phi) is 3.47. The normalized spacial score (nSPS) is 17.9. The van der Waals surface area contributed by atoms with Gasteiger partial charge in [-0.05, 0) is 25.0 Å². The van der Waals surface area contributed by atoms with Crippen LogP contribution in [0.4, 0.5) is 0 Å². The van der Waals surface area contributed by atoms with Gasteiger partial charge in [-0.2, -0.15) is 4.99 Å². The molecule has 6 heteroatoms. The smallest absolute Gasteiger partial charge is 0.235 e. The molecule has 1 fully saturated rings. The van der Waals surface area contributed by atoms with Crippen LogP contribution in [0, 0.1) is 0 Å². The standard InChI is InChI=1S/C13H15NO4S/c1-19(17,18)11-6-4-5-10(16)12(11)13(14-9-15)7-2-3-8-13/h4-6,16H,2-3,7-8H2,1H3. The molecule has 1 saturated carbocycles. The summed E-state index contributed by atoms with van der Waals surface area (Å²) in [5, 5.41) is 10.1. The van der Waals surface area contributed by atoms with E-state index in [1.807, 2.05) is 0 Å². The van der Waals surface area contributed by atoms with Gasteiger partial charge in [-0.1, -0.05) is 18.9 Å². The Balaban J connectivity index is 2.77. The summed E-state index contributed by atoms with van der Waals surface area (Å²) in [6.45, 7) is 0. The highest BCUT2D eigenvalue weighted by molar-refractivity contribution is 7.90. The zero-order chi connectivity index (χ0) is 14.1. The number of phenols is 1. The Morgan fingerprint density at radius 1 is 1.32 bits per heavy atom. The van der Waals surface area contributed by atoms with Gasteiger partial charge < -0.3 is 5.11 Å². The maximum atomic E-state index is 11.9. The average Bonchev–Trinajstić information content (AvgIpc) is 2.77. The molecule has 0 unspecified atom stereocenters. The van der Waals surface area contributed by atoms with Crippen molar-refractivity contribution in [2.45, 2.75) is 36.1 Å². The molecule has 0 heterocycles. The van der Waals surface area contributed by atoms with E-state index in [0.29, 0.717) is 12.8 Å². The van der Waals surface area contributed by atoms with E-state index < -0.39 is 15.4 Å². The van der Waals surface area contributed by atoms with Crippen LogP contribution in [0.15, 0.2) is 28.1 Å². The van der Waals surface area contributed by atoms with Gasteiger partial charge in [0, 0.05) is 11.8 Å². The minimum Gasteiger partial charge on any atom is -0.508 e. The Hall–Kier alpha value is -1.65. The van der Waals surface area contributed by atoms with Crippen LogP contribution in [0.3, 0.4) is 0 Å². The van der Waals surface area contributed by atoms with Crippen molar-refractivity contribution in [3.05, 3.63) is 23.8 Å². The number of phenolic OH excluding ortho intramolecular Hbond substituents is 1. The summed E-state index contributed by atoms with van der Waals surface area (Å²) in [5.74, 6) is -0.135. The molecule has 19 heavy (non-hydrogen) atoms. The van der Waals surface area contributed by atoms with Crippen molar-refractivity contribution in [3.63, 3.8) is 0 Å². The molecular weight excluding hydrogens is 266 g/mol. The molecule has 5 nitrogen and oxygen atoms in total. The highest BCUT2D eigenvalue weighted by atomic mass is 32.2. The molecule has 1 aromatic rings. The van der Waals surface area contributed by atoms with Crippen molar-refractivity contribution in [3.8, 4) is 5.75 Å². The van der Waals surface area contributed by atoms with Crippen LogP contribution in [-0.2, 0) is 20.2 Å². The molecule has 0 radical (unpaired) electrons. The van der Waals surface area contributed by atoms with Crippen LogP contribution >= 0.6 is 0 Å². The van der Waals surface area contributed by atoms with Gasteiger partial charge in [0.25, 0.3) is 0 Å². The second kappa shape index (κ2) is 4.79. The summed E-state index contributed by atoms with van der Waals surface area (Å²) in [6, 6.07) is 4.33. The summed E-state index contributed by atoms with van der Waals surface area (Å²) in [7, 11) is -3.50. The second-order valence-electron chi connectivity index (χ2n) is 4.86. The number of sulfone groups is 1. The first-order valence-corrected chi connectivity index (χ1v) is 7.91. The number of aliphatic imine (C=N–C) groups is 1. The van der Waals surface area contributed by atoms with Crippen LogP contribution < -0.4 is 0 Å². The number of carbonyl (C=O) groups excluding carboxylic acids is 1. The van der Waals surface area contributed by atoms with Crippen molar-refractivity contribution in [1.29, 1.82) is 0 Å². The summed E-state index contributed by atoms with van der Waals surface area (Å²) >= 11 is 0. The molecule has 0 amide bonds. The van der Waals surface area contributed by atoms with Crippen LogP contribution in [0.25, 0.3) is 0 Å². The predicted octanol–water partition coefficient (Wildman–Crippen LogP) is 1.90. The Bertz CT molecular complexity index is 639. The number of hydrogen-bond donors (Lipinski definition) is 1. The van der Waals surface area contributed by atoms with Crippen LogP contribution in [-0.4, -0.2) is 25.9 Å². The van der Waals surface area contributed by atoms with Crippen LogP contribution in [0.1, 0.15) is 31.2 Å². The van der Waals surface area contributed by atoms with Gasteiger partial charge in [0.2, 0.25) is 6.08 Å². The van der Waals surface area contributed by atoms with E-state index in [1.54, 1.807) is 0 Å². The van der Waals surface area contributed by atoms with Crippen molar-refractivity contribution in [2.24, 2.45) is 4.99 Å². The summed E-state index contributed by atoms with van der Waals surface area (Å²) in [6.07, 6.45) is 5.37. The molecule has 1 aliphatic carbocycles. The molecule has 0 aliphatic heterocycles. The number of rotatable bonds is 3. The third kappa shape index (κ3) is 2.41. The molecule has 1 aliphatic rings. The summed E-state index contributed by atoms with van der Waals surface area (Å²) in [5.41, 5.74) is -0.718. The molecule has 0 aromatic heterocycles. The largest absolute Gasteiger partial charge is 0.508 e. The second-order valence-corrected chi connectivity index (χ2v) is 6.85. The van der Waals surface area contributed by atoms with E-state index in [2.05, 4.69) is 4.99 Å². The Labute approximate surface area is 111 Å². The third-order valence-electron chi connectivity index (χ3n) is 3.56. The van der Waals surface area contributed by atoms with Crippen molar-refractivity contribution < 1.29 is 18.3 Å². The average molecular weight is 281 g/mol. The maximum Gasteiger partial charge on any atom is 0.235 e. The monoisotopic (exact) mass is 281 g/mol. The minimum absolute atomic E-state index is 0.0356. The molecule has 0 saturated heterocycles. The third-order valence-corrected chi connectivity index (χ3v) is 4.70. The SMILES string of the molecule is CS(=O)(=O)c1cccc(O)c1C1(N=C=O)CCCC1. The van der Waals surface area contributed by atoms with Gasteiger partial charge in [0.1, 0.15) is 11.3 Å². The van der Waals surface area contributed by atoms with Gasteiger partial charge >= 0.3 is 0 Å². The molecule has 0 bridgehead atoms. The van der Waals surface area contributed by atoms with Crippen molar-refractivity contribution in [2.75, 3.05) is 6.26 Å². The fraction of sp³-hybridized carbons (Fsp3) is 0.462. The van der Waals surface area contributed by atoms with Crippen LogP contribution in [0.5, 0.6) is 5.75 Å². The highest BCUT2D eigenvalue weighted by Gasteiger charge is 2.41. The Morgan fingerprint density at radius 2 is 1.95 bits per heavy atom. The fourth-order valence-corrected chi connectivity index (χ4v) is 3.75. The maximum absolute atomic E-state index is 11.9. The molecular formula is C13H15NO4S. The first-order valence-electron chi connectivity index (χ1n) is 6.02. The van der Waals surface area contributed by atoms with E-state index in [-0.39, 0.29) is 16.2 Å². The molecule has 1 aromatic carbocycles. The number of benzene rings is 1. The topological polar surface area (TPSA) is 83.8 Å². The number of isocyanates is 1. The van der Waals surface area contributed by atoms with E-state index in [9.17, 15) is 18.3 Å². The van der Waals surface area contributed by atoms with Crippen molar-refractivity contribution >= 4 is 15.9 Å². The lowest BCUT2D eigenvalue weighted by Gasteiger charge is -2.26. The fourth-order valence-electron chi connectivity index (χ4n) is 2.76. The van der Waals surface area contributed by atoms with Gasteiger partial charge in [0.05, 0.1) is 4.90 Å². The van der Waals surface area contributed by atoms with Crippen molar-refractivity contribution in [1.82, 2.24) is 0 Å². The van der Waals surface area contributed by atoms with Crippen LogP contribution in [0.2, 0.25) is 0 Å². The van der Waals surface area contributed by atoms with Gasteiger partial charge in [0.15, 0.2) is 9.84 Å². The molecule has 102 valence electrons. The molecule has 0 spiro atoms. The predicted molar refractivity (Wildman–Crippen MR) is 69.5 cm³/mol. The molecule has 2 rings (SSSR count). The zero-order valence-corrected chi connectivity index (χ0v) is 11.4. The number of aromatic hydroxyl groups is 1. The van der Waals surface area contributed by atoms with E-state index in [0.717, 1.165) is 19.1 Å². The lowest BCUT2D eigenvalue weighted by Crippen LogP contribution is -2.22. The first-order chi connectivity index (χ1) is 8.91. The summed E-state index contributed by atoms with van der Waals surface area (Å²) < 4.78 is 23.7. The summed E-state index contributed by atoms with van der Waals surface area (Å²) in [4.78, 5) is 14.6. The van der Waals surface area contributed by atoms with Gasteiger partial charge in [-0.3, -0.25) is 0 Å². The number of nitrogens with zero attached hydrogens (tertiary/aromatic N) is 1. The quantitative estimate of drug-likeness (QED) is 0.677. The molecule has 0 atom stereocenters. The minimum atomic E-state index is -3.50.